The molecule has 2 aromatic carbocycles. The third kappa shape index (κ3) is 3.14. The maximum atomic E-state index is 12.5. The summed E-state index contributed by atoms with van der Waals surface area (Å²) < 4.78 is 0.716. The van der Waals surface area contributed by atoms with Crippen LogP contribution in [0.1, 0.15) is 16.1 Å². The minimum atomic E-state index is -0.0325. The fourth-order valence-electron chi connectivity index (χ4n) is 2.20. The van der Waals surface area contributed by atoms with Gasteiger partial charge in [0.05, 0.1) is 5.52 Å². The molecule has 0 aliphatic heterocycles. The fourth-order valence-corrected chi connectivity index (χ4v) is 2.97. The van der Waals surface area contributed by atoms with Crippen LogP contribution >= 0.6 is 27.5 Å². The number of Topliss-reactive ketones (excluding diaryl/α,β-unsaturated/α-hetero) is 1. The molecule has 0 aliphatic rings. The molecule has 21 heavy (non-hydrogen) atoms. The lowest BCUT2D eigenvalue weighted by atomic mass is 10.1. The van der Waals surface area contributed by atoms with Crippen molar-refractivity contribution in [3.63, 3.8) is 0 Å². The van der Waals surface area contributed by atoms with E-state index in [1.807, 2.05) is 42.5 Å². The quantitative estimate of drug-likeness (QED) is 0.610. The Labute approximate surface area is 135 Å². The number of halogens is 2. The molecule has 0 atom stereocenters. The van der Waals surface area contributed by atoms with Gasteiger partial charge >= 0.3 is 0 Å². The molecule has 3 aromatic rings. The number of fused-ring (bicyclic) bond motifs is 1. The largest absolute Gasteiger partial charge is 0.292 e. The van der Waals surface area contributed by atoms with Crippen LogP contribution in [0.5, 0.6) is 0 Å². The van der Waals surface area contributed by atoms with Gasteiger partial charge in [-0.1, -0.05) is 41.9 Å². The lowest BCUT2D eigenvalue weighted by Gasteiger charge is -2.06. The Hall–Kier alpha value is -1.71. The van der Waals surface area contributed by atoms with Gasteiger partial charge in [-0.2, -0.15) is 0 Å². The van der Waals surface area contributed by atoms with Gasteiger partial charge in [0, 0.05) is 21.3 Å². The molecule has 0 N–H and O–H groups in total. The van der Waals surface area contributed by atoms with Crippen LogP contribution in [0.15, 0.2) is 59.1 Å². The highest BCUT2D eigenvalue weighted by atomic mass is 79.9. The Bertz CT molecular complexity index is 832. The lowest BCUT2D eigenvalue weighted by Crippen LogP contribution is -2.07. The third-order valence-electron chi connectivity index (χ3n) is 3.20. The summed E-state index contributed by atoms with van der Waals surface area (Å²) in [6.45, 7) is 0. The Morgan fingerprint density at radius 3 is 2.71 bits per heavy atom. The monoisotopic (exact) mass is 359 g/mol. The summed E-state index contributed by atoms with van der Waals surface area (Å²) >= 11 is 9.38. The Balaban J connectivity index is 1.96. The minimum Gasteiger partial charge on any atom is -0.292 e. The first-order chi connectivity index (χ1) is 10.1. The van der Waals surface area contributed by atoms with Crippen molar-refractivity contribution in [2.75, 3.05) is 0 Å². The number of aromatic nitrogens is 1. The molecule has 0 fully saturated rings. The van der Waals surface area contributed by atoms with Crippen LogP contribution in [-0.2, 0) is 6.42 Å². The molecule has 3 rings (SSSR count). The maximum absolute atomic E-state index is 12.5. The molecule has 0 aliphatic carbocycles. The zero-order chi connectivity index (χ0) is 14.8. The number of carbonyl (C=O) groups excluding carboxylic acids is 1. The molecule has 0 unspecified atom stereocenters. The number of rotatable bonds is 3. The van der Waals surface area contributed by atoms with Crippen molar-refractivity contribution < 1.29 is 4.79 Å². The molecule has 1 heterocycles. The van der Waals surface area contributed by atoms with Gasteiger partial charge in [-0.05, 0) is 45.8 Å². The van der Waals surface area contributed by atoms with Crippen molar-refractivity contribution in [1.82, 2.24) is 4.98 Å². The first-order valence-electron chi connectivity index (χ1n) is 6.46. The highest BCUT2D eigenvalue weighted by molar-refractivity contribution is 9.10. The number of pyridine rings is 1. The van der Waals surface area contributed by atoms with Crippen LogP contribution in [0.4, 0.5) is 0 Å². The molecule has 4 heteroatoms. The van der Waals surface area contributed by atoms with Crippen molar-refractivity contribution in [1.29, 1.82) is 0 Å². The molecule has 0 amide bonds. The van der Waals surface area contributed by atoms with Gasteiger partial charge in [0.15, 0.2) is 5.78 Å². The standard InChI is InChI=1S/C17H11BrClNO/c18-14-10-12-5-1-2-7-15(12)20-17(14)16(21)9-11-4-3-6-13(19)8-11/h1-8,10H,9H2. The molecule has 0 radical (unpaired) electrons. The molecule has 0 saturated heterocycles. The number of hydrogen-bond acceptors (Lipinski definition) is 2. The van der Waals surface area contributed by atoms with E-state index in [1.54, 1.807) is 12.1 Å². The van der Waals surface area contributed by atoms with E-state index in [4.69, 9.17) is 11.6 Å². The summed E-state index contributed by atoms with van der Waals surface area (Å²) in [5.41, 5.74) is 2.15. The van der Waals surface area contributed by atoms with Gasteiger partial charge < -0.3 is 0 Å². The molecule has 0 bridgehead atoms. The number of nitrogens with zero attached hydrogens (tertiary/aromatic N) is 1. The number of para-hydroxylation sites is 1. The van der Waals surface area contributed by atoms with E-state index < -0.39 is 0 Å². The van der Waals surface area contributed by atoms with Crippen LogP contribution in [-0.4, -0.2) is 10.8 Å². The molecule has 2 nitrogen and oxygen atoms in total. The third-order valence-corrected chi connectivity index (χ3v) is 4.03. The zero-order valence-electron chi connectivity index (χ0n) is 11.0. The normalized spacial score (nSPS) is 10.8. The van der Waals surface area contributed by atoms with Crippen LogP contribution in [0, 0.1) is 0 Å². The van der Waals surface area contributed by atoms with Crippen molar-refractivity contribution in [3.8, 4) is 0 Å². The molecule has 104 valence electrons. The van der Waals surface area contributed by atoms with E-state index >= 15 is 0 Å². The van der Waals surface area contributed by atoms with E-state index in [9.17, 15) is 4.79 Å². The van der Waals surface area contributed by atoms with E-state index in [1.165, 1.54) is 0 Å². The molecular formula is C17H11BrClNO. The molecule has 0 saturated carbocycles. The smallest absolute Gasteiger partial charge is 0.186 e. The van der Waals surface area contributed by atoms with Crippen molar-refractivity contribution in [2.24, 2.45) is 0 Å². The summed E-state index contributed by atoms with van der Waals surface area (Å²) in [5, 5.41) is 1.63. The topological polar surface area (TPSA) is 30.0 Å². The van der Waals surface area contributed by atoms with Gasteiger partial charge in [-0.25, -0.2) is 4.98 Å². The number of ketones is 1. The predicted octanol–water partition coefficient (Wildman–Crippen LogP) is 5.08. The highest BCUT2D eigenvalue weighted by Crippen LogP contribution is 2.23. The van der Waals surface area contributed by atoms with Crippen LogP contribution in [0.2, 0.25) is 5.02 Å². The second-order valence-electron chi connectivity index (χ2n) is 4.74. The van der Waals surface area contributed by atoms with E-state index in [0.717, 1.165) is 16.5 Å². The van der Waals surface area contributed by atoms with Crippen molar-refractivity contribution in [2.45, 2.75) is 6.42 Å². The van der Waals surface area contributed by atoms with Gasteiger partial charge in [0.25, 0.3) is 0 Å². The van der Waals surface area contributed by atoms with Crippen molar-refractivity contribution >= 4 is 44.2 Å². The SMILES string of the molecule is O=C(Cc1cccc(Cl)c1)c1nc2ccccc2cc1Br. The van der Waals surface area contributed by atoms with Gasteiger partial charge in [0.2, 0.25) is 0 Å². The summed E-state index contributed by atoms with van der Waals surface area (Å²) in [4.78, 5) is 16.9. The fraction of sp³-hybridized carbons (Fsp3) is 0.0588. The maximum Gasteiger partial charge on any atom is 0.186 e. The number of benzene rings is 2. The Kier molecular flexibility index (Phi) is 4.04. The minimum absolute atomic E-state index is 0.0325. The van der Waals surface area contributed by atoms with Crippen molar-refractivity contribution in [3.05, 3.63) is 75.4 Å². The lowest BCUT2D eigenvalue weighted by molar-refractivity contribution is 0.0988. The average Bonchev–Trinajstić information content (AvgIpc) is 2.46. The van der Waals surface area contributed by atoms with Gasteiger partial charge in [-0.3, -0.25) is 4.79 Å². The Morgan fingerprint density at radius 2 is 1.90 bits per heavy atom. The summed E-state index contributed by atoms with van der Waals surface area (Å²) in [6, 6.07) is 17.0. The summed E-state index contributed by atoms with van der Waals surface area (Å²) in [5.74, 6) is -0.0325. The van der Waals surface area contributed by atoms with Gasteiger partial charge in [0.1, 0.15) is 5.69 Å². The molecular weight excluding hydrogens is 350 g/mol. The van der Waals surface area contributed by atoms with Crippen LogP contribution in [0.3, 0.4) is 0 Å². The zero-order valence-corrected chi connectivity index (χ0v) is 13.4. The summed E-state index contributed by atoms with van der Waals surface area (Å²) in [6.07, 6.45) is 0.282. The van der Waals surface area contributed by atoms with E-state index in [0.29, 0.717) is 15.2 Å². The average molecular weight is 361 g/mol. The van der Waals surface area contributed by atoms with Gasteiger partial charge in [-0.15, -0.1) is 0 Å². The first kappa shape index (κ1) is 14.2. The second-order valence-corrected chi connectivity index (χ2v) is 6.03. The predicted molar refractivity (Wildman–Crippen MR) is 88.9 cm³/mol. The van der Waals surface area contributed by atoms with Crippen LogP contribution < -0.4 is 0 Å². The number of carbonyl (C=O) groups is 1. The van der Waals surface area contributed by atoms with Crippen LogP contribution in [0.25, 0.3) is 10.9 Å². The summed E-state index contributed by atoms with van der Waals surface area (Å²) in [7, 11) is 0. The first-order valence-corrected chi connectivity index (χ1v) is 7.63. The molecule has 0 spiro atoms. The molecule has 1 aromatic heterocycles. The number of hydrogen-bond donors (Lipinski definition) is 0. The Morgan fingerprint density at radius 1 is 1.10 bits per heavy atom. The van der Waals surface area contributed by atoms with E-state index in [2.05, 4.69) is 20.9 Å². The van der Waals surface area contributed by atoms with E-state index in [-0.39, 0.29) is 12.2 Å². The second kappa shape index (κ2) is 5.96. The highest BCUT2D eigenvalue weighted by Gasteiger charge is 2.14.